The fourth-order valence-electron chi connectivity index (χ4n) is 3.71. The van der Waals surface area contributed by atoms with Crippen LogP contribution in [0.5, 0.6) is 0 Å². The molecule has 1 aromatic heterocycles. The molecule has 0 saturated carbocycles. The van der Waals surface area contributed by atoms with E-state index in [4.69, 9.17) is 11.6 Å². The third kappa shape index (κ3) is 3.60. The minimum Gasteiger partial charge on any atom is -0.336 e. The maximum Gasteiger partial charge on any atom is 0.275 e. The first-order valence-corrected chi connectivity index (χ1v) is 9.29. The topological polar surface area (TPSA) is 44.6 Å². The fourth-order valence-corrected chi connectivity index (χ4v) is 3.98. The van der Waals surface area contributed by atoms with E-state index >= 15 is 0 Å². The average Bonchev–Trinajstić information content (AvgIpc) is 2.68. The van der Waals surface area contributed by atoms with Crippen molar-refractivity contribution in [1.29, 1.82) is 0 Å². The largest absolute Gasteiger partial charge is 0.336 e. The second-order valence-corrected chi connectivity index (χ2v) is 7.68. The number of fused-ring (bicyclic) bond motifs is 1. The van der Waals surface area contributed by atoms with Crippen LogP contribution in [0.25, 0.3) is 0 Å². The third-order valence-electron chi connectivity index (χ3n) is 4.82. The van der Waals surface area contributed by atoms with Crippen LogP contribution in [0.3, 0.4) is 0 Å². The summed E-state index contributed by atoms with van der Waals surface area (Å²) in [5.74, 6) is 0.542. The van der Waals surface area contributed by atoms with Gasteiger partial charge in [0.15, 0.2) is 5.69 Å². The highest BCUT2D eigenvalue weighted by Gasteiger charge is 2.35. The summed E-state index contributed by atoms with van der Waals surface area (Å²) in [4.78, 5) is 19.2. The monoisotopic (exact) mass is 353 g/mol. The molecule has 0 spiro atoms. The van der Waals surface area contributed by atoms with E-state index in [1.54, 1.807) is 0 Å². The first kappa shape index (κ1) is 17.7. The van der Waals surface area contributed by atoms with E-state index in [-0.39, 0.29) is 5.91 Å². The van der Waals surface area contributed by atoms with Gasteiger partial charge in [0.05, 0.1) is 10.7 Å². The second kappa shape index (κ2) is 7.42. The lowest BCUT2D eigenvalue weighted by molar-refractivity contribution is 0.0443. The van der Waals surface area contributed by atoms with E-state index < -0.39 is 0 Å². The number of amides is 1. The van der Waals surface area contributed by atoms with Crippen LogP contribution in [0.15, 0.2) is 0 Å². The van der Waals surface area contributed by atoms with Gasteiger partial charge >= 0.3 is 0 Å². The minimum atomic E-state index is -0.0161. The highest BCUT2D eigenvalue weighted by atomic mass is 35.5. The van der Waals surface area contributed by atoms with Crippen molar-refractivity contribution in [2.24, 2.45) is 5.92 Å². The number of carbonyl (C=O) groups excluding carboxylic acids is 1. The minimum absolute atomic E-state index is 0.0161. The fraction of sp³-hybridized carbons (Fsp3) is 0.765. The summed E-state index contributed by atoms with van der Waals surface area (Å²) < 4.78 is 1.95. The van der Waals surface area contributed by atoms with Crippen LogP contribution in [-0.4, -0.2) is 77.2 Å². The zero-order chi connectivity index (χ0) is 17.3. The smallest absolute Gasteiger partial charge is 0.275 e. The van der Waals surface area contributed by atoms with Crippen molar-refractivity contribution in [2.45, 2.75) is 32.9 Å². The van der Waals surface area contributed by atoms with Crippen molar-refractivity contribution < 1.29 is 4.79 Å². The molecule has 1 fully saturated rings. The Hall–Kier alpha value is -1.11. The molecule has 0 N–H and O–H groups in total. The lowest BCUT2D eigenvalue weighted by Crippen LogP contribution is -2.53. The Labute approximate surface area is 149 Å². The summed E-state index contributed by atoms with van der Waals surface area (Å²) in [7, 11) is 4.13. The molecule has 3 rings (SSSR count). The number of aromatic nitrogens is 2. The lowest BCUT2D eigenvalue weighted by Gasteiger charge is -2.40. The van der Waals surface area contributed by atoms with E-state index in [0.717, 1.165) is 64.3 Å². The Morgan fingerprint density at radius 3 is 2.75 bits per heavy atom. The summed E-state index contributed by atoms with van der Waals surface area (Å²) in [5.41, 5.74) is 1.43. The van der Waals surface area contributed by atoms with Gasteiger partial charge in [0.2, 0.25) is 0 Å². The molecule has 0 unspecified atom stereocenters. The van der Waals surface area contributed by atoms with Crippen LogP contribution >= 0.6 is 11.6 Å². The van der Waals surface area contributed by atoms with E-state index in [1.807, 2.05) is 9.58 Å². The highest BCUT2D eigenvalue weighted by molar-refractivity contribution is 6.34. The maximum absolute atomic E-state index is 12.7. The number of carbonyl (C=O) groups is 1. The van der Waals surface area contributed by atoms with Crippen LogP contribution < -0.4 is 0 Å². The predicted molar refractivity (Wildman–Crippen MR) is 95.4 cm³/mol. The third-order valence-corrected chi connectivity index (χ3v) is 5.22. The molecular formula is C17H28ClN5O. The first-order chi connectivity index (χ1) is 11.5. The lowest BCUT2D eigenvalue weighted by atomic mass is 9.99. The van der Waals surface area contributed by atoms with Crippen LogP contribution in [-0.2, 0) is 13.1 Å². The van der Waals surface area contributed by atoms with Gasteiger partial charge in [0, 0.05) is 45.2 Å². The normalized spacial score (nSPS) is 19.3. The van der Waals surface area contributed by atoms with Crippen molar-refractivity contribution in [3.63, 3.8) is 0 Å². The quantitative estimate of drug-likeness (QED) is 0.809. The van der Waals surface area contributed by atoms with Gasteiger partial charge in [-0.2, -0.15) is 5.10 Å². The molecule has 24 heavy (non-hydrogen) atoms. The van der Waals surface area contributed by atoms with Crippen molar-refractivity contribution in [3.05, 3.63) is 16.4 Å². The Morgan fingerprint density at radius 2 is 2.08 bits per heavy atom. The van der Waals surface area contributed by atoms with Crippen molar-refractivity contribution in [1.82, 2.24) is 24.5 Å². The standard InChI is InChI=1S/C17H28ClN5O/c1-4-6-21-7-5-8-23-14(12-21)15(18)16(19-23)17(24)22-10-13(11-22)9-20(2)3/h13H,4-12H2,1-3H3. The van der Waals surface area contributed by atoms with Gasteiger partial charge in [-0.15, -0.1) is 0 Å². The molecule has 7 heteroatoms. The van der Waals surface area contributed by atoms with Gasteiger partial charge in [0.1, 0.15) is 0 Å². The maximum atomic E-state index is 12.7. The van der Waals surface area contributed by atoms with Crippen LogP contribution in [0, 0.1) is 5.92 Å². The number of hydrogen-bond donors (Lipinski definition) is 0. The number of rotatable bonds is 5. The van der Waals surface area contributed by atoms with Gasteiger partial charge in [-0.25, -0.2) is 0 Å². The van der Waals surface area contributed by atoms with E-state index in [2.05, 4.69) is 35.9 Å². The van der Waals surface area contributed by atoms with Crippen LogP contribution in [0.4, 0.5) is 0 Å². The number of aryl methyl sites for hydroxylation is 1. The van der Waals surface area contributed by atoms with Crippen molar-refractivity contribution >= 4 is 17.5 Å². The molecule has 3 heterocycles. The second-order valence-electron chi connectivity index (χ2n) is 7.30. The van der Waals surface area contributed by atoms with Crippen molar-refractivity contribution in [2.75, 3.05) is 46.8 Å². The molecule has 2 aliphatic rings. The predicted octanol–water partition coefficient (Wildman–Crippen LogP) is 1.79. The van der Waals surface area contributed by atoms with Gasteiger partial charge in [-0.3, -0.25) is 14.4 Å². The molecule has 6 nitrogen and oxygen atoms in total. The molecule has 0 radical (unpaired) electrons. The first-order valence-electron chi connectivity index (χ1n) is 8.91. The zero-order valence-electron chi connectivity index (χ0n) is 15.0. The van der Waals surface area contributed by atoms with E-state index in [1.165, 1.54) is 0 Å². The van der Waals surface area contributed by atoms with Gasteiger partial charge < -0.3 is 9.80 Å². The summed E-state index contributed by atoms with van der Waals surface area (Å²) in [5, 5.41) is 5.10. The Balaban J connectivity index is 1.70. The SMILES string of the molecule is CCCN1CCCn2nc(C(=O)N3CC(CN(C)C)C3)c(Cl)c2C1. The molecular weight excluding hydrogens is 326 g/mol. The number of likely N-dealkylation sites (tertiary alicyclic amines) is 1. The molecule has 1 aromatic rings. The molecule has 0 bridgehead atoms. The summed E-state index contributed by atoms with van der Waals surface area (Å²) >= 11 is 6.56. The van der Waals surface area contributed by atoms with Crippen LogP contribution in [0.1, 0.15) is 35.9 Å². The molecule has 0 atom stereocenters. The Bertz CT molecular complexity index is 594. The molecule has 1 amide bonds. The molecule has 134 valence electrons. The van der Waals surface area contributed by atoms with Gasteiger partial charge in [0.25, 0.3) is 5.91 Å². The summed E-state index contributed by atoms with van der Waals surface area (Å²) in [6, 6.07) is 0. The van der Waals surface area contributed by atoms with Crippen LogP contribution in [0.2, 0.25) is 5.02 Å². The molecule has 1 saturated heterocycles. The molecule has 2 aliphatic heterocycles. The number of halogens is 1. The summed E-state index contributed by atoms with van der Waals surface area (Å²) in [6.45, 7) is 8.56. The van der Waals surface area contributed by atoms with Gasteiger partial charge in [-0.05, 0) is 33.5 Å². The van der Waals surface area contributed by atoms with E-state index in [9.17, 15) is 4.79 Å². The Kier molecular flexibility index (Phi) is 5.47. The van der Waals surface area contributed by atoms with E-state index in [0.29, 0.717) is 16.6 Å². The average molecular weight is 354 g/mol. The number of nitrogens with zero attached hydrogens (tertiary/aromatic N) is 5. The Morgan fingerprint density at radius 1 is 1.33 bits per heavy atom. The summed E-state index contributed by atoms with van der Waals surface area (Å²) in [6.07, 6.45) is 2.17. The molecule has 0 aliphatic carbocycles. The van der Waals surface area contributed by atoms with Gasteiger partial charge in [-0.1, -0.05) is 18.5 Å². The van der Waals surface area contributed by atoms with Crippen molar-refractivity contribution in [3.8, 4) is 0 Å². The highest BCUT2D eigenvalue weighted by Crippen LogP contribution is 2.28. The zero-order valence-corrected chi connectivity index (χ0v) is 15.7. The molecule has 0 aromatic carbocycles. The number of hydrogen-bond acceptors (Lipinski definition) is 4.